The summed E-state index contributed by atoms with van der Waals surface area (Å²) in [6.07, 6.45) is 1.96. The van der Waals surface area contributed by atoms with Gasteiger partial charge in [-0.15, -0.1) is 0 Å². The third kappa shape index (κ3) is 4.94. The predicted octanol–water partition coefficient (Wildman–Crippen LogP) is 2.15. The second-order valence-corrected chi connectivity index (χ2v) is 10.9. The molecular weight excluding hydrogens is 470 g/mol. The molecule has 1 atom stereocenters. The van der Waals surface area contributed by atoms with E-state index in [4.69, 9.17) is 8.83 Å². The zero-order valence-corrected chi connectivity index (χ0v) is 19.9. The highest BCUT2D eigenvalue weighted by Crippen LogP contribution is 2.29. The van der Waals surface area contributed by atoms with Gasteiger partial charge in [0.05, 0.1) is 30.4 Å². The number of hydrogen-bond acceptors (Lipinski definition) is 9. The number of sulfone groups is 1. The molecule has 35 heavy (non-hydrogen) atoms. The number of furan rings is 1. The fourth-order valence-corrected chi connectivity index (χ4v) is 6.31. The van der Waals surface area contributed by atoms with Crippen molar-refractivity contribution in [3.63, 3.8) is 0 Å². The van der Waals surface area contributed by atoms with Gasteiger partial charge in [-0.3, -0.25) is 9.69 Å². The molecule has 5 rings (SSSR count). The lowest BCUT2D eigenvalue weighted by Gasteiger charge is -2.36. The average molecular weight is 496 g/mol. The number of carbonyl (C=O) groups is 1. The Morgan fingerprint density at radius 2 is 1.91 bits per heavy atom. The summed E-state index contributed by atoms with van der Waals surface area (Å²) >= 11 is 0. The van der Waals surface area contributed by atoms with Crippen molar-refractivity contribution < 1.29 is 22.0 Å². The number of para-hydroxylation sites is 1. The Morgan fingerprint density at radius 1 is 1.14 bits per heavy atom. The molecule has 10 nitrogen and oxygen atoms in total. The van der Waals surface area contributed by atoms with Crippen molar-refractivity contribution in [3.05, 3.63) is 54.4 Å². The van der Waals surface area contributed by atoms with E-state index in [0.29, 0.717) is 49.9 Å². The van der Waals surface area contributed by atoms with Crippen LogP contribution in [0.25, 0.3) is 11.7 Å². The Kier molecular flexibility index (Phi) is 6.32. The topological polar surface area (TPSA) is 124 Å². The minimum atomic E-state index is -3.14. The van der Waals surface area contributed by atoms with Crippen molar-refractivity contribution in [2.24, 2.45) is 0 Å². The second-order valence-electron chi connectivity index (χ2n) is 8.68. The van der Waals surface area contributed by atoms with Gasteiger partial charge in [0.15, 0.2) is 15.6 Å². The van der Waals surface area contributed by atoms with Crippen molar-refractivity contribution in [2.45, 2.75) is 12.5 Å². The number of carbonyl (C=O) groups excluding carboxylic acids is 1. The molecule has 11 heteroatoms. The van der Waals surface area contributed by atoms with E-state index in [1.165, 1.54) is 6.26 Å². The molecule has 0 spiro atoms. The molecule has 2 aromatic heterocycles. The lowest BCUT2D eigenvalue weighted by Crippen LogP contribution is -2.52. The Morgan fingerprint density at radius 3 is 2.54 bits per heavy atom. The van der Waals surface area contributed by atoms with E-state index in [1.54, 1.807) is 17.0 Å². The van der Waals surface area contributed by atoms with Crippen LogP contribution in [0.1, 0.15) is 12.1 Å². The van der Waals surface area contributed by atoms with Gasteiger partial charge in [-0.25, -0.2) is 8.42 Å². The van der Waals surface area contributed by atoms with Crippen molar-refractivity contribution >= 4 is 27.3 Å². The minimum Gasteiger partial charge on any atom is -0.459 e. The third-order valence-corrected chi connectivity index (χ3v) is 8.09. The smallest absolute Gasteiger partial charge is 0.266 e. The average Bonchev–Trinajstić information content (AvgIpc) is 3.60. The Balaban J connectivity index is 1.26. The third-order valence-electron chi connectivity index (χ3n) is 6.34. The van der Waals surface area contributed by atoms with Crippen LogP contribution in [0.2, 0.25) is 0 Å². The summed E-state index contributed by atoms with van der Waals surface area (Å²) in [7, 11) is -3.14. The summed E-state index contributed by atoms with van der Waals surface area (Å²) in [5.74, 6) is 1.07. The van der Waals surface area contributed by atoms with Gasteiger partial charge in [0, 0.05) is 31.9 Å². The van der Waals surface area contributed by atoms with Crippen LogP contribution in [0.3, 0.4) is 0 Å². The standard InChI is InChI=1S/C24H25N5O5S/c25-15-20-24(34-23(26-20)21-7-4-13-33-21)28-11-9-27(10-12-28)16-22(30)29(18-5-2-1-3-6-18)19-8-14-35(31,32)17-19/h1-7,13,19H,8-12,14,16-17H2/t19-/m0/s1. The van der Waals surface area contributed by atoms with Gasteiger partial charge in [0.25, 0.3) is 5.89 Å². The van der Waals surface area contributed by atoms with E-state index in [9.17, 15) is 18.5 Å². The number of benzene rings is 1. The van der Waals surface area contributed by atoms with Gasteiger partial charge in [-0.2, -0.15) is 10.2 Å². The first kappa shape index (κ1) is 23.1. The highest BCUT2D eigenvalue weighted by molar-refractivity contribution is 7.91. The summed E-state index contributed by atoms with van der Waals surface area (Å²) in [5, 5.41) is 9.51. The van der Waals surface area contributed by atoms with Crippen LogP contribution in [0.4, 0.5) is 11.6 Å². The normalized spacial score (nSPS) is 20.0. The molecule has 0 aliphatic carbocycles. The van der Waals surface area contributed by atoms with Crippen LogP contribution in [-0.2, 0) is 14.6 Å². The molecule has 1 amide bonds. The zero-order chi connectivity index (χ0) is 24.4. The van der Waals surface area contributed by atoms with Crippen molar-refractivity contribution in [1.82, 2.24) is 9.88 Å². The molecule has 2 saturated heterocycles. The number of anilines is 2. The summed E-state index contributed by atoms with van der Waals surface area (Å²) in [4.78, 5) is 23.3. The maximum atomic E-state index is 13.4. The fraction of sp³-hybridized carbons (Fsp3) is 0.375. The van der Waals surface area contributed by atoms with E-state index in [-0.39, 0.29) is 41.6 Å². The maximum absolute atomic E-state index is 13.4. The Bertz CT molecular complexity index is 1320. The first-order chi connectivity index (χ1) is 16.9. The van der Waals surface area contributed by atoms with E-state index in [0.717, 1.165) is 0 Å². The molecular formula is C24H25N5O5S. The van der Waals surface area contributed by atoms with Gasteiger partial charge in [0.2, 0.25) is 17.5 Å². The molecule has 2 aliphatic heterocycles. The fourth-order valence-electron chi connectivity index (χ4n) is 4.61. The van der Waals surface area contributed by atoms with Crippen LogP contribution in [0.15, 0.2) is 57.6 Å². The van der Waals surface area contributed by atoms with Crippen LogP contribution < -0.4 is 9.80 Å². The molecule has 2 fully saturated rings. The number of oxazole rings is 1. The molecule has 4 heterocycles. The number of nitrogens with zero attached hydrogens (tertiary/aromatic N) is 5. The van der Waals surface area contributed by atoms with E-state index in [1.807, 2.05) is 40.1 Å². The van der Waals surface area contributed by atoms with Crippen molar-refractivity contribution in [3.8, 4) is 17.7 Å². The highest BCUT2D eigenvalue weighted by Gasteiger charge is 2.36. The van der Waals surface area contributed by atoms with Gasteiger partial charge < -0.3 is 18.6 Å². The summed E-state index contributed by atoms with van der Waals surface area (Å²) in [6.45, 7) is 2.45. The number of amides is 1. The molecule has 2 aliphatic rings. The lowest BCUT2D eigenvalue weighted by atomic mass is 10.1. The SMILES string of the molecule is N#Cc1nc(-c2ccco2)oc1N1CCN(CC(=O)N(c2ccccc2)[C@H]2CCS(=O)(=O)C2)CC1. The van der Waals surface area contributed by atoms with E-state index < -0.39 is 9.84 Å². The van der Waals surface area contributed by atoms with Gasteiger partial charge in [-0.1, -0.05) is 18.2 Å². The number of aromatic nitrogens is 1. The molecule has 182 valence electrons. The summed E-state index contributed by atoms with van der Waals surface area (Å²) in [5.41, 5.74) is 0.905. The van der Waals surface area contributed by atoms with Crippen molar-refractivity contribution in [1.29, 1.82) is 5.26 Å². The molecule has 0 radical (unpaired) electrons. The molecule has 0 unspecified atom stereocenters. The van der Waals surface area contributed by atoms with Gasteiger partial charge in [0.1, 0.15) is 6.07 Å². The largest absolute Gasteiger partial charge is 0.459 e. The van der Waals surface area contributed by atoms with Gasteiger partial charge in [-0.05, 0) is 30.7 Å². The van der Waals surface area contributed by atoms with Crippen LogP contribution >= 0.6 is 0 Å². The number of nitriles is 1. The molecule has 1 aromatic carbocycles. The van der Waals surface area contributed by atoms with Crippen molar-refractivity contribution in [2.75, 3.05) is 54.0 Å². The quantitative estimate of drug-likeness (QED) is 0.506. The number of piperazine rings is 1. The number of hydrogen-bond donors (Lipinski definition) is 0. The summed E-state index contributed by atoms with van der Waals surface area (Å²) < 4.78 is 35.3. The maximum Gasteiger partial charge on any atom is 0.266 e. The first-order valence-corrected chi connectivity index (χ1v) is 13.3. The number of rotatable bonds is 6. The van der Waals surface area contributed by atoms with E-state index in [2.05, 4.69) is 11.1 Å². The molecule has 3 aromatic rings. The minimum absolute atomic E-state index is 0.0121. The molecule has 0 saturated carbocycles. The highest BCUT2D eigenvalue weighted by atomic mass is 32.2. The van der Waals surface area contributed by atoms with Crippen LogP contribution in [-0.4, -0.2) is 74.5 Å². The molecule has 0 N–H and O–H groups in total. The Hall–Kier alpha value is -3.62. The lowest BCUT2D eigenvalue weighted by molar-refractivity contribution is -0.120. The second kappa shape index (κ2) is 9.56. The van der Waals surface area contributed by atoms with E-state index >= 15 is 0 Å². The zero-order valence-electron chi connectivity index (χ0n) is 19.0. The van der Waals surface area contributed by atoms with Crippen LogP contribution in [0, 0.1) is 11.3 Å². The summed E-state index contributed by atoms with van der Waals surface area (Å²) in [6, 6.07) is 14.4. The first-order valence-electron chi connectivity index (χ1n) is 11.4. The Labute approximate surface area is 203 Å². The molecule has 0 bridgehead atoms. The monoisotopic (exact) mass is 495 g/mol. The van der Waals surface area contributed by atoms with Gasteiger partial charge >= 0.3 is 0 Å². The van der Waals surface area contributed by atoms with Crippen LogP contribution in [0.5, 0.6) is 0 Å². The predicted molar refractivity (Wildman–Crippen MR) is 129 cm³/mol.